The fourth-order valence-corrected chi connectivity index (χ4v) is 4.81. The van der Waals surface area contributed by atoms with E-state index in [9.17, 15) is 13.2 Å². The zero-order valence-electron chi connectivity index (χ0n) is 9.34. The Morgan fingerprint density at radius 3 is 2.83 bits per heavy atom. The highest BCUT2D eigenvalue weighted by Gasteiger charge is 2.49. The van der Waals surface area contributed by atoms with E-state index in [2.05, 4.69) is 21.2 Å². The Kier molecular flexibility index (Phi) is 2.63. The normalized spacial score (nSPS) is 29.2. The first-order chi connectivity index (χ1) is 8.46. The third kappa shape index (κ3) is 1.91. The number of amides is 2. The van der Waals surface area contributed by atoms with Gasteiger partial charge in [0.25, 0.3) is 0 Å². The number of benzene rings is 1. The van der Waals surface area contributed by atoms with Gasteiger partial charge < -0.3 is 5.32 Å². The monoisotopic (exact) mass is 330 g/mol. The van der Waals surface area contributed by atoms with Crippen LogP contribution in [-0.2, 0) is 9.84 Å². The number of rotatable bonds is 1. The largest absolute Gasteiger partial charge is 0.332 e. The lowest BCUT2D eigenvalue weighted by Gasteiger charge is -2.21. The minimum Gasteiger partial charge on any atom is -0.332 e. The van der Waals surface area contributed by atoms with Crippen LogP contribution in [0.25, 0.3) is 0 Å². The number of carbonyl (C=O) groups excluding carboxylic acids is 1. The maximum absolute atomic E-state index is 11.9. The molecular formula is C11H11BrN2O3S. The fraction of sp³-hybridized carbons (Fsp3) is 0.364. The molecule has 2 heterocycles. The Bertz CT molecular complexity index is 616. The van der Waals surface area contributed by atoms with Gasteiger partial charge in [0.2, 0.25) is 0 Å². The van der Waals surface area contributed by atoms with Crippen molar-refractivity contribution in [2.75, 3.05) is 16.4 Å². The highest BCUT2D eigenvalue weighted by atomic mass is 79.9. The van der Waals surface area contributed by atoms with E-state index in [1.54, 1.807) is 11.0 Å². The van der Waals surface area contributed by atoms with E-state index < -0.39 is 9.84 Å². The molecule has 2 aliphatic rings. The van der Waals surface area contributed by atoms with Crippen LogP contribution in [0.4, 0.5) is 10.5 Å². The van der Waals surface area contributed by atoms with Gasteiger partial charge in [-0.05, 0) is 18.2 Å². The Morgan fingerprint density at radius 2 is 2.11 bits per heavy atom. The average molecular weight is 331 g/mol. The van der Waals surface area contributed by atoms with Crippen molar-refractivity contribution in [2.24, 2.45) is 0 Å². The van der Waals surface area contributed by atoms with Gasteiger partial charge in [-0.2, -0.15) is 0 Å². The van der Waals surface area contributed by atoms with Crippen molar-refractivity contribution in [1.82, 2.24) is 5.32 Å². The third-order valence-electron chi connectivity index (χ3n) is 3.27. The number of fused-ring (bicyclic) bond motifs is 1. The van der Waals surface area contributed by atoms with Crippen molar-refractivity contribution < 1.29 is 13.2 Å². The van der Waals surface area contributed by atoms with Gasteiger partial charge in [-0.15, -0.1) is 0 Å². The van der Waals surface area contributed by atoms with Gasteiger partial charge in [0, 0.05) is 10.2 Å². The number of halogens is 1. The number of hydrogen-bond acceptors (Lipinski definition) is 3. The van der Waals surface area contributed by atoms with Gasteiger partial charge >= 0.3 is 6.03 Å². The summed E-state index contributed by atoms with van der Waals surface area (Å²) in [5.74, 6) is 0.0663. The third-order valence-corrected chi connectivity index (χ3v) is 5.48. The van der Waals surface area contributed by atoms with Crippen molar-refractivity contribution in [3.8, 4) is 0 Å². The Labute approximate surface area is 113 Å². The molecule has 2 saturated heterocycles. The van der Waals surface area contributed by atoms with Gasteiger partial charge in [-0.3, -0.25) is 4.90 Å². The summed E-state index contributed by atoms with van der Waals surface area (Å²) in [6.45, 7) is 0. The molecule has 0 aliphatic carbocycles. The lowest BCUT2D eigenvalue weighted by molar-refractivity contribution is 0.251. The molecule has 0 radical (unpaired) electrons. The smallest absolute Gasteiger partial charge is 0.322 e. The van der Waals surface area contributed by atoms with Crippen molar-refractivity contribution in [3.63, 3.8) is 0 Å². The van der Waals surface area contributed by atoms with Crippen molar-refractivity contribution in [1.29, 1.82) is 0 Å². The zero-order chi connectivity index (χ0) is 12.9. The summed E-state index contributed by atoms with van der Waals surface area (Å²) in [4.78, 5) is 13.5. The van der Waals surface area contributed by atoms with Gasteiger partial charge in [0.05, 0.1) is 23.6 Å². The van der Waals surface area contributed by atoms with Crippen LogP contribution < -0.4 is 10.2 Å². The molecule has 0 bridgehead atoms. The van der Waals surface area contributed by atoms with Crippen molar-refractivity contribution in [3.05, 3.63) is 28.7 Å². The quantitative estimate of drug-likeness (QED) is 0.785. The van der Waals surface area contributed by atoms with Crippen LogP contribution in [0.3, 0.4) is 0 Å². The summed E-state index contributed by atoms with van der Waals surface area (Å²) in [5.41, 5.74) is 0.714. The number of nitrogens with one attached hydrogen (secondary N) is 1. The molecule has 0 saturated carbocycles. The number of sulfone groups is 1. The van der Waals surface area contributed by atoms with Crippen LogP contribution >= 0.6 is 15.9 Å². The van der Waals surface area contributed by atoms with Crippen molar-refractivity contribution >= 4 is 37.5 Å². The number of anilines is 1. The lowest BCUT2D eigenvalue weighted by Crippen LogP contribution is -2.36. The van der Waals surface area contributed by atoms with E-state index in [1.165, 1.54) is 0 Å². The molecule has 1 aromatic carbocycles. The lowest BCUT2D eigenvalue weighted by atomic mass is 10.1. The minimum atomic E-state index is -3.05. The number of nitrogens with zero attached hydrogens (tertiary/aromatic N) is 1. The molecule has 2 aliphatic heterocycles. The highest BCUT2D eigenvalue weighted by Crippen LogP contribution is 2.30. The van der Waals surface area contributed by atoms with E-state index in [4.69, 9.17) is 0 Å². The van der Waals surface area contributed by atoms with Crippen LogP contribution in [0, 0.1) is 0 Å². The summed E-state index contributed by atoms with van der Waals surface area (Å²) in [6, 6.07) is 6.49. The fourth-order valence-electron chi connectivity index (χ4n) is 2.53. The molecule has 2 atom stereocenters. The second-order valence-corrected chi connectivity index (χ2v) is 7.62. The molecule has 5 nitrogen and oxygen atoms in total. The molecule has 7 heteroatoms. The molecule has 1 N–H and O–H groups in total. The van der Waals surface area contributed by atoms with E-state index in [0.29, 0.717) is 5.69 Å². The zero-order valence-corrected chi connectivity index (χ0v) is 11.7. The second-order valence-electron chi connectivity index (χ2n) is 4.55. The first-order valence-corrected chi connectivity index (χ1v) is 8.13. The van der Waals surface area contributed by atoms with Gasteiger partial charge in [-0.25, -0.2) is 13.2 Å². The molecule has 18 heavy (non-hydrogen) atoms. The van der Waals surface area contributed by atoms with E-state index in [0.717, 1.165) is 4.47 Å². The molecule has 0 spiro atoms. The van der Waals surface area contributed by atoms with Crippen LogP contribution in [0.1, 0.15) is 0 Å². The molecule has 1 aromatic rings. The Hall–Kier alpha value is -1.08. The topological polar surface area (TPSA) is 66.5 Å². The minimum absolute atomic E-state index is 0.0307. The van der Waals surface area contributed by atoms with Gasteiger partial charge in [0.15, 0.2) is 9.84 Å². The summed E-state index contributed by atoms with van der Waals surface area (Å²) in [7, 11) is -3.05. The molecule has 96 valence electrons. The van der Waals surface area contributed by atoms with Crippen LogP contribution in [0.2, 0.25) is 0 Å². The van der Waals surface area contributed by atoms with E-state index in [1.807, 2.05) is 18.2 Å². The summed E-state index contributed by atoms with van der Waals surface area (Å²) >= 11 is 3.35. The molecule has 2 fully saturated rings. The standard InChI is InChI=1S/C11H11BrN2O3S/c12-7-2-1-3-8(4-7)14-10-6-18(16,17)5-9(10)13-11(14)15/h1-4,9-10H,5-6H2,(H,13,15)/t9-,10+/m0/s1. The van der Waals surface area contributed by atoms with Crippen LogP contribution in [0.5, 0.6) is 0 Å². The number of hydrogen-bond donors (Lipinski definition) is 1. The predicted octanol–water partition coefficient (Wildman–Crippen LogP) is 1.14. The van der Waals surface area contributed by atoms with Crippen LogP contribution in [0.15, 0.2) is 28.7 Å². The van der Waals surface area contributed by atoms with Gasteiger partial charge in [0.1, 0.15) is 0 Å². The van der Waals surface area contributed by atoms with Gasteiger partial charge in [-0.1, -0.05) is 22.0 Å². The summed E-state index contributed by atoms with van der Waals surface area (Å²) in [6.07, 6.45) is 0. The molecule has 2 amide bonds. The predicted molar refractivity (Wildman–Crippen MR) is 71.4 cm³/mol. The van der Waals surface area contributed by atoms with Crippen LogP contribution in [-0.4, -0.2) is 38.0 Å². The molecular weight excluding hydrogens is 320 g/mol. The highest BCUT2D eigenvalue weighted by molar-refractivity contribution is 9.10. The summed E-state index contributed by atoms with van der Waals surface area (Å²) < 4.78 is 24.1. The SMILES string of the molecule is O=C1N[C@H]2CS(=O)(=O)C[C@H]2N1c1cccc(Br)c1. The average Bonchev–Trinajstić information content (AvgIpc) is 2.68. The van der Waals surface area contributed by atoms with E-state index >= 15 is 0 Å². The molecule has 3 rings (SSSR count). The van der Waals surface area contributed by atoms with Crippen molar-refractivity contribution in [2.45, 2.75) is 12.1 Å². The number of carbonyl (C=O) groups is 1. The molecule has 0 aromatic heterocycles. The Morgan fingerprint density at radius 1 is 1.33 bits per heavy atom. The van der Waals surface area contributed by atoms with E-state index in [-0.39, 0.29) is 29.6 Å². The maximum Gasteiger partial charge on any atom is 0.322 e. The first-order valence-electron chi connectivity index (χ1n) is 5.52. The first kappa shape index (κ1) is 12.0. The summed E-state index contributed by atoms with van der Waals surface area (Å²) in [5, 5.41) is 2.73. The maximum atomic E-state index is 11.9. The second kappa shape index (κ2) is 3.96. The Balaban J connectivity index is 1.99. The molecule has 0 unspecified atom stereocenters. The number of urea groups is 1.